The molecule has 0 aliphatic carbocycles. The number of carbonyl (C=O) groups excluding carboxylic acids is 3. The van der Waals surface area contributed by atoms with Crippen LogP contribution >= 0.6 is 11.8 Å². The second-order valence-electron chi connectivity index (χ2n) is 6.16. The van der Waals surface area contributed by atoms with Crippen LogP contribution in [0.1, 0.15) is 32.3 Å². The van der Waals surface area contributed by atoms with Gasteiger partial charge in [0, 0.05) is 11.7 Å². The third kappa shape index (κ3) is 8.10. The van der Waals surface area contributed by atoms with Gasteiger partial charge in [0.1, 0.15) is 0 Å². The highest BCUT2D eigenvalue weighted by atomic mass is 32.2. The molecule has 0 aromatic heterocycles. The van der Waals surface area contributed by atoms with E-state index < -0.39 is 41.1 Å². The number of amides is 3. The summed E-state index contributed by atoms with van der Waals surface area (Å²) in [4.78, 5) is 46.4. The van der Waals surface area contributed by atoms with Gasteiger partial charge in [0.05, 0.1) is 6.04 Å². The number of benzene rings is 1. The Labute approximate surface area is 168 Å². The minimum Gasteiger partial charge on any atom is -0.474 e. The molecule has 8 nitrogen and oxygen atoms in total. The van der Waals surface area contributed by atoms with Gasteiger partial charge >= 0.3 is 11.9 Å². The first-order valence-electron chi connectivity index (χ1n) is 8.97. The van der Waals surface area contributed by atoms with Gasteiger partial charge in [0.2, 0.25) is 5.91 Å². The van der Waals surface area contributed by atoms with E-state index in [2.05, 4.69) is 10.6 Å². The number of carboxylic acid groups (broad SMARTS) is 1. The van der Waals surface area contributed by atoms with E-state index in [0.717, 1.165) is 5.56 Å². The van der Waals surface area contributed by atoms with E-state index in [4.69, 9.17) is 5.11 Å². The minimum atomic E-state index is -1.75. The van der Waals surface area contributed by atoms with Gasteiger partial charge in [0.15, 0.2) is 6.10 Å². The molecule has 0 saturated carbocycles. The van der Waals surface area contributed by atoms with Crippen LogP contribution in [0.4, 0.5) is 0 Å². The Morgan fingerprint density at radius 1 is 1.14 bits per heavy atom. The molecule has 0 spiro atoms. The number of aryl methyl sites for hydroxylation is 1. The van der Waals surface area contributed by atoms with Crippen molar-refractivity contribution in [1.82, 2.24) is 10.6 Å². The standard InChI is InChI=1S/C19H26N2O6S/c1-3-28-12(2)15(21-18(25)19(26)27)16(23)17(24)20-14(22)11-7-10-13-8-5-4-6-9-13/h4-6,8-9,12,15-16,23H,3,7,10-11H2,1-2H3,(H,21,25)(H,26,27)(H,20,22,24)/t12?,15-,16?/m0/s1. The van der Waals surface area contributed by atoms with Gasteiger partial charge in [-0.2, -0.15) is 11.8 Å². The second-order valence-corrected chi connectivity index (χ2v) is 7.82. The summed E-state index contributed by atoms with van der Waals surface area (Å²) in [5, 5.41) is 22.8. The average molecular weight is 410 g/mol. The predicted molar refractivity (Wildman–Crippen MR) is 106 cm³/mol. The van der Waals surface area contributed by atoms with Gasteiger partial charge in [-0.05, 0) is 24.2 Å². The van der Waals surface area contributed by atoms with Crippen molar-refractivity contribution in [3.8, 4) is 0 Å². The van der Waals surface area contributed by atoms with Crippen LogP contribution in [0.3, 0.4) is 0 Å². The second kappa shape index (κ2) is 12.1. The summed E-state index contributed by atoms with van der Waals surface area (Å²) < 4.78 is 0. The van der Waals surface area contributed by atoms with Gasteiger partial charge in [-0.1, -0.05) is 44.2 Å². The van der Waals surface area contributed by atoms with Crippen LogP contribution in [0.2, 0.25) is 0 Å². The Bertz CT molecular complexity index is 682. The fraction of sp³-hybridized carbons (Fsp3) is 0.474. The highest BCUT2D eigenvalue weighted by Crippen LogP contribution is 2.17. The summed E-state index contributed by atoms with van der Waals surface area (Å²) in [6.07, 6.45) is -0.457. The first-order chi connectivity index (χ1) is 13.3. The Morgan fingerprint density at radius 2 is 1.79 bits per heavy atom. The van der Waals surface area contributed by atoms with Crippen molar-refractivity contribution >= 4 is 35.5 Å². The molecule has 0 saturated heterocycles. The SMILES string of the molecule is CCSC(C)[C@H](NC(=O)C(=O)O)C(O)C(=O)NC(=O)CCCc1ccccc1. The molecule has 28 heavy (non-hydrogen) atoms. The lowest BCUT2D eigenvalue weighted by molar-refractivity contribution is -0.151. The molecule has 1 aromatic rings. The van der Waals surface area contributed by atoms with Crippen LogP contribution in [0.15, 0.2) is 30.3 Å². The number of hydrogen-bond acceptors (Lipinski definition) is 6. The maximum absolute atomic E-state index is 12.2. The van der Waals surface area contributed by atoms with Crippen LogP contribution in [-0.2, 0) is 25.6 Å². The first-order valence-corrected chi connectivity index (χ1v) is 10.0. The van der Waals surface area contributed by atoms with Crippen LogP contribution in [0, 0.1) is 0 Å². The number of carboxylic acids is 1. The number of aliphatic hydroxyl groups excluding tert-OH is 1. The first kappa shape index (κ1) is 23.6. The molecule has 0 fully saturated rings. The topological polar surface area (TPSA) is 133 Å². The molecule has 0 aliphatic heterocycles. The summed E-state index contributed by atoms with van der Waals surface area (Å²) in [7, 11) is 0. The molecule has 0 aliphatic rings. The third-order valence-electron chi connectivity index (χ3n) is 4.01. The molecule has 154 valence electrons. The highest BCUT2D eigenvalue weighted by molar-refractivity contribution is 7.99. The monoisotopic (exact) mass is 410 g/mol. The van der Waals surface area contributed by atoms with Crippen molar-refractivity contribution in [3.05, 3.63) is 35.9 Å². The van der Waals surface area contributed by atoms with Crippen LogP contribution in [-0.4, -0.2) is 57.1 Å². The fourth-order valence-electron chi connectivity index (χ4n) is 2.57. The molecule has 1 aromatic carbocycles. The molecule has 0 heterocycles. The van der Waals surface area contributed by atoms with Crippen molar-refractivity contribution in [2.75, 3.05) is 5.75 Å². The molecule has 3 atom stereocenters. The number of aliphatic hydroxyl groups is 1. The smallest absolute Gasteiger partial charge is 0.394 e. The van der Waals surface area contributed by atoms with Crippen LogP contribution < -0.4 is 10.6 Å². The average Bonchev–Trinajstić information content (AvgIpc) is 2.66. The van der Waals surface area contributed by atoms with Crippen molar-refractivity contribution in [3.63, 3.8) is 0 Å². The third-order valence-corrected chi connectivity index (χ3v) is 5.16. The van der Waals surface area contributed by atoms with Gasteiger partial charge in [-0.3, -0.25) is 19.7 Å². The quantitative estimate of drug-likeness (QED) is 0.418. The van der Waals surface area contributed by atoms with E-state index in [1.165, 1.54) is 11.8 Å². The van der Waals surface area contributed by atoms with E-state index in [0.29, 0.717) is 18.6 Å². The summed E-state index contributed by atoms with van der Waals surface area (Å²) >= 11 is 1.34. The van der Waals surface area contributed by atoms with Crippen molar-refractivity contribution in [2.24, 2.45) is 0 Å². The number of thioether (sulfide) groups is 1. The van der Waals surface area contributed by atoms with Crippen molar-refractivity contribution in [2.45, 2.75) is 50.5 Å². The summed E-state index contributed by atoms with van der Waals surface area (Å²) in [5.41, 5.74) is 1.07. The molecule has 1 rings (SSSR count). The minimum absolute atomic E-state index is 0.0960. The number of aliphatic carboxylic acids is 1. The molecule has 2 unspecified atom stereocenters. The molecule has 9 heteroatoms. The van der Waals surface area contributed by atoms with E-state index in [1.54, 1.807) is 6.92 Å². The molecule has 0 radical (unpaired) electrons. The van der Waals surface area contributed by atoms with Gasteiger partial charge in [-0.25, -0.2) is 4.79 Å². The molecule has 3 amide bonds. The maximum atomic E-state index is 12.2. The normalized spacial score (nSPS) is 13.8. The highest BCUT2D eigenvalue weighted by Gasteiger charge is 2.34. The zero-order valence-corrected chi connectivity index (χ0v) is 16.7. The lowest BCUT2D eigenvalue weighted by atomic mass is 10.1. The van der Waals surface area contributed by atoms with E-state index in [9.17, 15) is 24.3 Å². The largest absolute Gasteiger partial charge is 0.474 e. The van der Waals surface area contributed by atoms with E-state index >= 15 is 0 Å². The molecule has 4 N–H and O–H groups in total. The van der Waals surface area contributed by atoms with E-state index in [1.807, 2.05) is 37.3 Å². The lowest BCUT2D eigenvalue weighted by Crippen LogP contribution is -2.56. The Morgan fingerprint density at radius 3 is 2.36 bits per heavy atom. The number of rotatable bonds is 10. The Balaban J connectivity index is 2.60. The number of nitrogens with one attached hydrogen (secondary N) is 2. The van der Waals surface area contributed by atoms with E-state index in [-0.39, 0.29) is 6.42 Å². The predicted octanol–water partition coefficient (Wildman–Crippen LogP) is 0.724. The summed E-state index contributed by atoms with van der Waals surface area (Å²) in [6, 6.07) is 8.43. The Kier molecular flexibility index (Phi) is 10.3. The summed E-state index contributed by atoms with van der Waals surface area (Å²) in [5.74, 6) is -3.92. The lowest BCUT2D eigenvalue weighted by Gasteiger charge is -2.27. The van der Waals surface area contributed by atoms with Crippen LogP contribution in [0.25, 0.3) is 0 Å². The Hall–Kier alpha value is -2.39. The number of hydrogen-bond donors (Lipinski definition) is 4. The van der Waals surface area contributed by atoms with Gasteiger partial charge in [0.25, 0.3) is 5.91 Å². The number of imide groups is 1. The van der Waals surface area contributed by atoms with Crippen molar-refractivity contribution < 1.29 is 29.4 Å². The van der Waals surface area contributed by atoms with Gasteiger partial charge in [-0.15, -0.1) is 0 Å². The molecule has 0 bridgehead atoms. The summed E-state index contributed by atoms with van der Waals surface area (Å²) in [6.45, 7) is 3.50. The number of carbonyl (C=O) groups is 4. The maximum Gasteiger partial charge on any atom is 0.394 e. The fourth-order valence-corrected chi connectivity index (χ4v) is 3.52. The van der Waals surface area contributed by atoms with Crippen LogP contribution in [0.5, 0.6) is 0 Å². The van der Waals surface area contributed by atoms with Crippen molar-refractivity contribution in [1.29, 1.82) is 0 Å². The van der Waals surface area contributed by atoms with Gasteiger partial charge < -0.3 is 15.5 Å². The molecular weight excluding hydrogens is 384 g/mol. The zero-order chi connectivity index (χ0) is 21.1. The zero-order valence-electron chi connectivity index (χ0n) is 15.9. The molecular formula is C19H26N2O6S.